The molecule has 1 aliphatic heterocycles. The van der Waals surface area contributed by atoms with E-state index in [1.807, 2.05) is 0 Å². The van der Waals surface area contributed by atoms with E-state index in [9.17, 15) is 0 Å². The van der Waals surface area contributed by atoms with Gasteiger partial charge in [-0.25, -0.2) is 15.0 Å². The molecule has 0 bridgehead atoms. The highest BCUT2D eigenvalue weighted by Crippen LogP contribution is 2.52. The fraction of sp³-hybridized carbons (Fsp3) is 0.353. The van der Waals surface area contributed by atoms with Gasteiger partial charge in [0.15, 0.2) is 5.82 Å². The van der Waals surface area contributed by atoms with Crippen molar-refractivity contribution in [1.82, 2.24) is 15.0 Å². The molecule has 198 valence electrons. The van der Waals surface area contributed by atoms with E-state index in [0.29, 0.717) is 5.82 Å². The molecule has 2 aromatic heterocycles. The predicted molar refractivity (Wildman–Crippen MR) is 159 cm³/mol. The summed E-state index contributed by atoms with van der Waals surface area (Å²) in [6.45, 7) is 19.5. The molecule has 5 heteroatoms. The Morgan fingerprint density at radius 2 is 1.41 bits per heavy atom. The van der Waals surface area contributed by atoms with Crippen LogP contribution in [0, 0.1) is 20.8 Å². The first kappa shape index (κ1) is 25.4. The van der Waals surface area contributed by atoms with Gasteiger partial charge in [-0.3, -0.25) is 0 Å². The van der Waals surface area contributed by atoms with Gasteiger partial charge in [0.2, 0.25) is 11.3 Å². The molecule has 1 aliphatic rings. The maximum Gasteiger partial charge on any atom is 0.257 e. The number of rotatable bonds is 1. The molecule has 0 atom stereocenters. The second-order valence-electron chi connectivity index (χ2n) is 13.1. The zero-order chi connectivity index (χ0) is 28.0. The first-order valence-corrected chi connectivity index (χ1v) is 13.7. The summed E-state index contributed by atoms with van der Waals surface area (Å²) in [7, 11) is 2.13. The van der Waals surface area contributed by atoms with Gasteiger partial charge in [0.25, 0.3) is 5.69 Å². The second kappa shape index (κ2) is 8.32. The van der Waals surface area contributed by atoms with Crippen LogP contribution in [-0.2, 0) is 17.9 Å². The Balaban J connectivity index is 1.82. The number of aromatic nitrogens is 4. The molecule has 5 nitrogen and oxygen atoms in total. The summed E-state index contributed by atoms with van der Waals surface area (Å²) in [6.07, 6.45) is 0. The van der Waals surface area contributed by atoms with Gasteiger partial charge in [0.1, 0.15) is 24.4 Å². The van der Waals surface area contributed by atoms with Crippen molar-refractivity contribution in [2.24, 2.45) is 7.05 Å². The molecule has 3 aromatic carbocycles. The Morgan fingerprint density at radius 1 is 0.769 bits per heavy atom. The van der Waals surface area contributed by atoms with Gasteiger partial charge in [-0.15, -0.1) is 0 Å². The van der Waals surface area contributed by atoms with E-state index in [4.69, 9.17) is 19.7 Å². The van der Waals surface area contributed by atoms with Crippen LogP contribution in [0.15, 0.2) is 42.5 Å². The largest absolute Gasteiger partial charge is 0.449 e. The molecule has 5 aromatic rings. The summed E-state index contributed by atoms with van der Waals surface area (Å²) in [5.74, 6) is 3.91. The summed E-state index contributed by atoms with van der Waals surface area (Å²) in [5, 5.41) is 3.42. The lowest BCUT2D eigenvalue weighted by Crippen LogP contribution is -2.34. The highest BCUT2D eigenvalue weighted by Gasteiger charge is 2.37. The minimum Gasteiger partial charge on any atom is -0.449 e. The third-order valence-corrected chi connectivity index (χ3v) is 7.83. The normalized spacial score (nSPS) is 13.1. The van der Waals surface area contributed by atoms with Crippen molar-refractivity contribution in [3.8, 4) is 34.1 Å². The first-order valence-electron chi connectivity index (χ1n) is 13.7. The molecule has 0 fully saturated rings. The molecule has 0 amide bonds. The number of ether oxygens (including phenoxy) is 1. The minimum absolute atomic E-state index is 0.239. The van der Waals surface area contributed by atoms with Crippen LogP contribution in [0.25, 0.3) is 44.3 Å². The van der Waals surface area contributed by atoms with Gasteiger partial charge in [0.05, 0.1) is 16.5 Å². The second-order valence-corrected chi connectivity index (χ2v) is 13.1. The lowest BCUT2D eigenvalue weighted by atomic mass is 9.88. The van der Waals surface area contributed by atoms with Crippen molar-refractivity contribution in [3.63, 3.8) is 0 Å². The average Bonchev–Trinajstić information content (AvgIpc) is 2.85. The number of fused-ring (bicyclic) bond motifs is 3. The number of benzene rings is 3. The molecule has 0 saturated carbocycles. The SMILES string of the molecule is Cc1cc2c3c(c(C)c(C)cc3c1)-c1c(c(-c3nc(C(C)(C)C)nc(C(C)(C)C)n3)c3ccccc3[n+]1C)O2. The summed E-state index contributed by atoms with van der Waals surface area (Å²) in [6, 6.07) is 15.2. The lowest BCUT2D eigenvalue weighted by Gasteiger charge is -2.26. The Bertz CT molecular complexity index is 1810. The summed E-state index contributed by atoms with van der Waals surface area (Å²) in [5.41, 5.74) is 7.52. The molecule has 0 unspecified atom stereocenters. The van der Waals surface area contributed by atoms with E-state index in [0.717, 1.165) is 50.7 Å². The number of pyridine rings is 1. The van der Waals surface area contributed by atoms with E-state index < -0.39 is 0 Å². The van der Waals surface area contributed by atoms with Crippen molar-refractivity contribution in [1.29, 1.82) is 0 Å². The van der Waals surface area contributed by atoms with Crippen molar-refractivity contribution in [3.05, 3.63) is 70.8 Å². The minimum atomic E-state index is -0.239. The van der Waals surface area contributed by atoms with Crippen LogP contribution in [0.4, 0.5) is 0 Å². The van der Waals surface area contributed by atoms with E-state index in [-0.39, 0.29) is 10.8 Å². The average molecular weight is 518 g/mol. The van der Waals surface area contributed by atoms with Gasteiger partial charge in [-0.1, -0.05) is 65.8 Å². The highest BCUT2D eigenvalue weighted by atomic mass is 16.5. The van der Waals surface area contributed by atoms with Crippen molar-refractivity contribution < 1.29 is 9.30 Å². The van der Waals surface area contributed by atoms with E-state index in [1.165, 1.54) is 27.6 Å². The molecule has 0 radical (unpaired) electrons. The van der Waals surface area contributed by atoms with Crippen LogP contribution in [0.1, 0.15) is 69.9 Å². The summed E-state index contributed by atoms with van der Waals surface area (Å²) >= 11 is 0. The quantitative estimate of drug-likeness (QED) is 0.208. The number of nitrogens with zero attached hydrogens (tertiary/aromatic N) is 4. The Hall–Kier alpha value is -3.86. The van der Waals surface area contributed by atoms with Crippen molar-refractivity contribution in [2.75, 3.05) is 0 Å². The van der Waals surface area contributed by atoms with Crippen molar-refractivity contribution >= 4 is 21.7 Å². The van der Waals surface area contributed by atoms with Crippen LogP contribution < -0.4 is 9.30 Å². The molecular formula is C34H37N4O+. The van der Waals surface area contributed by atoms with Gasteiger partial charge in [0, 0.05) is 22.3 Å². The number of hydrogen-bond acceptors (Lipinski definition) is 4. The standard InChI is InChI=1S/C34H37N4O/c1-18-15-21-17-19(2)20(3)25-26(21)24(16-18)39-29-27(22-13-11-12-14-23(22)38(10)28(25)29)30-35-31(33(4,5)6)37-32(36-30)34(7,8)9/h11-17H,1-10H3/q+1. The van der Waals surface area contributed by atoms with Crippen molar-refractivity contribution in [2.45, 2.75) is 73.1 Å². The maximum atomic E-state index is 6.93. The zero-order valence-electron chi connectivity index (χ0n) is 24.7. The molecule has 0 aliphatic carbocycles. The Kier molecular flexibility index (Phi) is 5.42. The molecular weight excluding hydrogens is 480 g/mol. The molecule has 0 saturated heterocycles. The summed E-state index contributed by atoms with van der Waals surface area (Å²) < 4.78 is 9.20. The smallest absolute Gasteiger partial charge is 0.257 e. The highest BCUT2D eigenvalue weighted by molar-refractivity contribution is 6.08. The third kappa shape index (κ3) is 3.90. The predicted octanol–water partition coefficient (Wildman–Crippen LogP) is 7.96. The van der Waals surface area contributed by atoms with E-state index in [2.05, 4.69) is 116 Å². The molecule has 39 heavy (non-hydrogen) atoms. The topological polar surface area (TPSA) is 51.8 Å². The lowest BCUT2D eigenvalue weighted by molar-refractivity contribution is -0.633. The van der Waals surface area contributed by atoms with Crippen LogP contribution in [0.2, 0.25) is 0 Å². The third-order valence-electron chi connectivity index (χ3n) is 7.83. The number of aryl methyl sites for hydroxylation is 3. The molecule has 0 N–H and O–H groups in total. The van der Waals surface area contributed by atoms with E-state index in [1.54, 1.807) is 0 Å². The molecule has 3 heterocycles. The summed E-state index contributed by atoms with van der Waals surface area (Å²) in [4.78, 5) is 15.2. The van der Waals surface area contributed by atoms with Gasteiger partial charge < -0.3 is 4.74 Å². The Morgan fingerprint density at radius 3 is 2.05 bits per heavy atom. The first-order chi connectivity index (χ1) is 18.3. The van der Waals surface area contributed by atoms with Gasteiger partial charge >= 0.3 is 0 Å². The van der Waals surface area contributed by atoms with E-state index >= 15 is 0 Å². The molecule has 0 spiro atoms. The maximum absolute atomic E-state index is 6.93. The van der Waals surface area contributed by atoms with Gasteiger partial charge in [-0.05, 0) is 55.0 Å². The van der Waals surface area contributed by atoms with Crippen LogP contribution in [0.3, 0.4) is 0 Å². The number of hydrogen-bond donors (Lipinski definition) is 0. The Labute approximate surface area is 230 Å². The number of para-hydroxylation sites is 1. The fourth-order valence-electron chi connectivity index (χ4n) is 5.63. The monoisotopic (exact) mass is 517 g/mol. The van der Waals surface area contributed by atoms with Crippen LogP contribution in [-0.4, -0.2) is 15.0 Å². The van der Waals surface area contributed by atoms with Crippen LogP contribution >= 0.6 is 0 Å². The molecule has 6 rings (SSSR count). The zero-order valence-corrected chi connectivity index (χ0v) is 24.7. The van der Waals surface area contributed by atoms with Crippen LogP contribution in [0.5, 0.6) is 11.5 Å². The fourth-order valence-corrected chi connectivity index (χ4v) is 5.63. The van der Waals surface area contributed by atoms with Gasteiger partial charge in [-0.2, -0.15) is 4.57 Å².